The van der Waals surface area contributed by atoms with E-state index in [0.29, 0.717) is 28.6 Å². The van der Waals surface area contributed by atoms with Gasteiger partial charge in [-0.25, -0.2) is 0 Å². The average molecular weight is 466 g/mol. The van der Waals surface area contributed by atoms with Crippen molar-refractivity contribution in [2.75, 3.05) is 0 Å². The van der Waals surface area contributed by atoms with E-state index in [-0.39, 0.29) is 17.9 Å². The second-order valence-corrected chi connectivity index (χ2v) is 12.8. The summed E-state index contributed by atoms with van der Waals surface area (Å²) in [5.74, 6) is 3.14. The van der Waals surface area contributed by atoms with E-state index < -0.39 is 5.60 Å². The lowest BCUT2D eigenvalue weighted by atomic mass is 9.42. The van der Waals surface area contributed by atoms with Crippen LogP contribution in [0.5, 0.6) is 0 Å². The highest BCUT2D eigenvalue weighted by Crippen LogP contribution is 2.66. The highest BCUT2D eigenvalue weighted by molar-refractivity contribution is 5.81. The molecule has 5 nitrogen and oxygen atoms in total. The molecule has 8 atom stereocenters. The molecular weight excluding hydrogens is 422 g/mol. The van der Waals surface area contributed by atoms with Gasteiger partial charge in [-0.3, -0.25) is 9.48 Å². The van der Waals surface area contributed by atoms with Crippen molar-refractivity contribution in [2.45, 2.75) is 110 Å². The number of nitrogens with zero attached hydrogens (tertiary/aromatic N) is 3. The van der Waals surface area contributed by atoms with Crippen LogP contribution in [0.2, 0.25) is 0 Å². The van der Waals surface area contributed by atoms with E-state index in [2.05, 4.69) is 31.9 Å². The number of hydrogen-bond donors (Lipinski definition) is 1. The maximum Gasteiger partial charge on any atom is 0.157 e. The van der Waals surface area contributed by atoms with Gasteiger partial charge in [0.15, 0.2) is 5.78 Å². The van der Waals surface area contributed by atoms with Gasteiger partial charge in [-0.1, -0.05) is 33.6 Å². The lowest BCUT2D eigenvalue weighted by Gasteiger charge is -2.62. The Bertz CT molecular complexity index is 965. The molecule has 5 heteroatoms. The maximum atomic E-state index is 13.6. The standard InChI is InChI=1S/C29H43N3O2/c1-4-29(34)13-6-12-27(2)21(15-29)9-10-22-23-7-5-8-25(28(23,3)14-11-24(22)27)26(33)19-32-18-20(16-30)17-31-32/h17-18,21-25,34H,4-15,19H2,1-3H3/t21-,22+,23+,24+,25+,27+,28+,29-/m1/s1. The van der Waals surface area contributed by atoms with Gasteiger partial charge in [-0.15, -0.1) is 0 Å². The molecule has 0 aliphatic heterocycles. The van der Waals surface area contributed by atoms with E-state index in [1.807, 2.05) is 0 Å². The number of nitriles is 1. The lowest BCUT2D eigenvalue weighted by Crippen LogP contribution is -2.56. The first-order valence-corrected chi connectivity index (χ1v) is 13.9. The zero-order valence-corrected chi connectivity index (χ0v) is 21.4. The monoisotopic (exact) mass is 465 g/mol. The fourth-order valence-electron chi connectivity index (χ4n) is 9.44. The molecule has 34 heavy (non-hydrogen) atoms. The maximum absolute atomic E-state index is 13.6. The number of rotatable bonds is 4. The molecule has 0 unspecified atom stereocenters. The molecule has 1 N–H and O–H groups in total. The third kappa shape index (κ3) is 3.85. The van der Waals surface area contributed by atoms with Crippen molar-refractivity contribution in [1.29, 1.82) is 5.26 Å². The van der Waals surface area contributed by atoms with Crippen LogP contribution in [0.4, 0.5) is 0 Å². The molecule has 4 saturated carbocycles. The van der Waals surface area contributed by atoms with Crippen LogP contribution in [0.25, 0.3) is 0 Å². The lowest BCUT2D eigenvalue weighted by molar-refractivity contribution is -0.154. The minimum Gasteiger partial charge on any atom is -0.390 e. The van der Waals surface area contributed by atoms with Crippen molar-refractivity contribution in [2.24, 2.45) is 40.4 Å². The third-order valence-corrected chi connectivity index (χ3v) is 11.4. The van der Waals surface area contributed by atoms with Crippen LogP contribution < -0.4 is 0 Å². The highest BCUT2D eigenvalue weighted by Gasteiger charge is 2.60. The van der Waals surface area contributed by atoms with Gasteiger partial charge in [-0.2, -0.15) is 10.4 Å². The summed E-state index contributed by atoms with van der Waals surface area (Å²) in [7, 11) is 0. The number of hydrogen-bond acceptors (Lipinski definition) is 4. The number of aliphatic hydroxyl groups is 1. The minimum atomic E-state index is -0.460. The largest absolute Gasteiger partial charge is 0.390 e. The fourth-order valence-corrected chi connectivity index (χ4v) is 9.44. The molecule has 0 aromatic carbocycles. The van der Waals surface area contributed by atoms with Crippen molar-refractivity contribution in [3.05, 3.63) is 18.0 Å². The van der Waals surface area contributed by atoms with Gasteiger partial charge in [-0.05, 0) is 98.7 Å². The van der Waals surface area contributed by atoms with Gasteiger partial charge in [0, 0.05) is 12.1 Å². The van der Waals surface area contributed by atoms with Crippen molar-refractivity contribution in [3.63, 3.8) is 0 Å². The van der Waals surface area contributed by atoms with Crippen LogP contribution in [0.3, 0.4) is 0 Å². The van der Waals surface area contributed by atoms with Crippen LogP contribution in [0.15, 0.2) is 12.4 Å². The molecule has 1 heterocycles. The number of Topliss-reactive ketones (excluding diaryl/α,β-unsaturated/α-hetero) is 1. The molecule has 0 saturated heterocycles. The first-order chi connectivity index (χ1) is 16.2. The zero-order chi connectivity index (χ0) is 24.1. The van der Waals surface area contributed by atoms with Crippen LogP contribution in [0, 0.1) is 51.8 Å². The summed E-state index contributed by atoms with van der Waals surface area (Å²) in [6.07, 6.45) is 16.8. The summed E-state index contributed by atoms with van der Waals surface area (Å²) in [5.41, 5.74) is 0.478. The molecule has 186 valence electrons. The fraction of sp³-hybridized carbons (Fsp3) is 0.828. The molecule has 4 aliphatic rings. The Balaban J connectivity index is 1.36. The molecule has 0 radical (unpaired) electrons. The summed E-state index contributed by atoms with van der Waals surface area (Å²) in [5, 5.41) is 24.6. The predicted molar refractivity (Wildman–Crippen MR) is 132 cm³/mol. The van der Waals surface area contributed by atoms with E-state index >= 15 is 0 Å². The van der Waals surface area contributed by atoms with Crippen molar-refractivity contribution in [1.82, 2.24) is 9.78 Å². The molecular formula is C29H43N3O2. The number of aromatic nitrogens is 2. The Hall–Kier alpha value is -1.67. The van der Waals surface area contributed by atoms with Crippen molar-refractivity contribution < 1.29 is 9.90 Å². The first kappa shape index (κ1) is 24.0. The Morgan fingerprint density at radius 3 is 2.65 bits per heavy atom. The van der Waals surface area contributed by atoms with E-state index in [4.69, 9.17) is 5.26 Å². The van der Waals surface area contributed by atoms with Gasteiger partial charge in [0.1, 0.15) is 6.07 Å². The summed E-state index contributed by atoms with van der Waals surface area (Å²) in [6.45, 7) is 7.44. The van der Waals surface area contributed by atoms with Crippen molar-refractivity contribution in [3.8, 4) is 6.07 Å². The number of carbonyl (C=O) groups is 1. The molecule has 4 fully saturated rings. The summed E-state index contributed by atoms with van der Waals surface area (Å²) in [4.78, 5) is 13.6. The highest BCUT2D eigenvalue weighted by atomic mass is 16.3. The molecule has 5 rings (SSSR count). The first-order valence-electron chi connectivity index (χ1n) is 13.9. The normalized spacial score (nSPS) is 44.1. The van der Waals surface area contributed by atoms with Crippen molar-refractivity contribution >= 4 is 5.78 Å². The van der Waals surface area contributed by atoms with Crippen LogP contribution in [-0.2, 0) is 11.3 Å². The van der Waals surface area contributed by atoms with Gasteiger partial charge in [0.05, 0.1) is 23.9 Å². The molecule has 0 amide bonds. The average Bonchev–Trinajstić information content (AvgIpc) is 3.21. The predicted octanol–water partition coefficient (Wildman–Crippen LogP) is 5.90. The zero-order valence-electron chi connectivity index (χ0n) is 21.4. The van der Waals surface area contributed by atoms with E-state index in [9.17, 15) is 9.90 Å². The second-order valence-electron chi connectivity index (χ2n) is 12.8. The summed E-state index contributed by atoms with van der Waals surface area (Å²) in [6, 6.07) is 2.11. The molecule has 0 bridgehead atoms. The van der Waals surface area contributed by atoms with Gasteiger partial charge in [0.2, 0.25) is 0 Å². The smallest absolute Gasteiger partial charge is 0.157 e. The Labute approximate surface area is 205 Å². The number of carbonyl (C=O) groups excluding carboxylic acids is 1. The summed E-state index contributed by atoms with van der Waals surface area (Å²) < 4.78 is 1.66. The van der Waals surface area contributed by atoms with Gasteiger partial charge < -0.3 is 5.11 Å². The van der Waals surface area contributed by atoms with Gasteiger partial charge in [0.25, 0.3) is 0 Å². The topological polar surface area (TPSA) is 78.9 Å². The van der Waals surface area contributed by atoms with E-state index in [0.717, 1.165) is 56.8 Å². The molecule has 0 spiro atoms. The third-order valence-electron chi connectivity index (χ3n) is 11.4. The Kier molecular flexibility index (Phi) is 6.20. The Morgan fingerprint density at radius 2 is 1.91 bits per heavy atom. The van der Waals surface area contributed by atoms with E-state index in [1.165, 1.54) is 32.1 Å². The molecule has 4 aliphatic carbocycles. The minimum absolute atomic E-state index is 0.0831. The van der Waals surface area contributed by atoms with E-state index in [1.54, 1.807) is 17.1 Å². The number of fused-ring (bicyclic) bond motifs is 5. The van der Waals surface area contributed by atoms with Gasteiger partial charge >= 0.3 is 0 Å². The second kappa shape index (κ2) is 8.77. The Morgan fingerprint density at radius 1 is 1.12 bits per heavy atom. The SMILES string of the molecule is CC[C@@]1(O)CCC[C@@]2(C)[C@H](CC[C@@H]3[C@@H]2CC[C@]2(C)[C@H](C(=O)Cn4cc(C#N)cn4)CCC[C@@H]32)C1. The van der Waals surface area contributed by atoms with Crippen LogP contribution >= 0.6 is 0 Å². The summed E-state index contributed by atoms with van der Waals surface area (Å²) >= 11 is 0. The van der Waals surface area contributed by atoms with Crippen LogP contribution in [0.1, 0.15) is 103 Å². The molecule has 1 aromatic rings. The van der Waals surface area contributed by atoms with Crippen LogP contribution in [-0.4, -0.2) is 26.3 Å². The molecule has 1 aromatic heterocycles. The quantitative estimate of drug-likeness (QED) is 0.600. The number of ketones is 1.